The van der Waals surface area contributed by atoms with E-state index in [1.54, 1.807) is 24.3 Å². The van der Waals surface area contributed by atoms with Gasteiger partial charge in [0.05, 0.1) is 13.0 Å². The second kappa shape index (κ2) is 7.94. The van der Waals surface area contributed by atoms with Crippen molar-refractivity contribution >= 4 is 11.9 Å². The Bertz CT molecular complexity index is 527. The predicted octanol–water partition coefficient (Wildman–Crippen LogP) is 1.71. The van der Waals surface area contributed by atoms with Crippen molar-refractivity contribution in [2.45, 2.75) is 6.92 Å². The topological polar surface area (TPSA) is 84.9 Å². The Morgan fingerprint density at radius 3 is 2.71 bits per heavy atom. The second-order valence-electron chi connectivity index (χ2n) is 4.41. The van der Waals surface area contributed by atoms with E-state index in [9.17, 15) is 9.59 Å². The average molecular weight is 293 g/mol. The monoisotopic (exact) mass is 293 g/mol. The number of benzene rings is 1. The number of hydrogen-bond donors (Lipinski definition) is 2. The van der Waals surface area contributed by atoms with Gasteiger partial charge in [-0.25, -0.2) is 0 Å². The molecule has 1 unspecified atom stereocenters. The van der Waals surface area contributed by atoms with Crippen molar-refractivity contribution in [3.8, 4) is 11.5 Å². The lowest BCUT2D eigenvalue weighted by atomic mass is 10.1. The average Bonchev–Trinajstić information content (AvgIpc) is 2.49. The van der Waals surface area contributed by atoms with E-state index in [0.717, 1.165) is 0 Å². The maximum atomic E-state index is 11.9. The van der Waals surface area contributed by atoms with Crippen molar-refractivity contribution in [3.63, 3.8) is 0 Å². The van der Waals surface area contributed by atoms with E-state index < -0.39 is 11.9 Å². The Morgan fingerprint density at radius 1 is 1.43 bits per heavy atom. The highest BCUT2D eigenvalue weighted by Gasteiger charge is 2.14. The number of carbonyl (C=O) groups excluding carboxylic acids is 1. The zero-order chi connectivity index (χ0) is 15.8. The molecule has 0 fully saturated rings. The van der Waals surface area contributed by atoms with Crippen LogP contribution in [0.4, 0.5) is 0 Å². The standard InChI is InChI=1S/C15H19NO5/c1-4-7-21-12-6-5-11(8-13(12)20-3)14(17)16-9-10(2)15(18)19/h4-6,8,10H,1,7,9H2,2-3H3,(H,16,17)(H,18,19). The Morgan fingerprint density at radius 2 is 2.14 bits per heavy atom. The molecule has 0 radical (unpaired) electrons. The maximum Gasteiger partial charge on any atom is 0.308 e. The van der Waals surface area contributed by atoms with Crippen LogP contribution >= 0.6 is 0 Å². The third kappa shape index (κ3) is 4.83. The summed E-state index contributed by atoms with van der Waals surface area (Å²) in [4.78, 5) is 22.6. The molecule has 0 saturated heterocycles. The van der Waals surface area contributed by atoms with Gasteiger partial charge in [0.25, 0.3) is 5.91 Å². The number of ether oxygens (including phenoxy) is 2. The normalized spacial score (nSPS) is 11.3. The van der Waals surface area contributed by atoms with Crippen LogP contribution in [-0.2, 0) is 4.79 Å². The van der Waals surface area contributed by atoms with Crippen molar-refractivity contribution in [3.05, 3.63) is 36.4 Å². The van der Waals surface area contributed by atoms with E-state index >= 15 is 0 Å². The van der Waals surface area contributed by atoms with E-state index in [1.165, 1.54) is 14.0 Å². The molecular formula is C15H19NO5. The largest absolute Gasteiger partial charge is 0.493 e. The van der Waals surface area contributed by atoms with E-state index in [1.807, 2.05) is 0 Å². The zero-order valence-corrected chi connectivity index (χ0v) is 12.1. The van der Waals surface area contributed by atoms with Gasteiger partial charge in [-0.1, -0.05) is 19.6 Å². The van der Waals surface area contributed by atoms with Crippen molar-refractivity contribution in [2.24, 2.45) is 5.92 Å². The molecule has 0 heterocycles. The summed E-state index contributed by atoms with van der Waals surface area (Å²) < 4.78 is 10.6. The van der Waals surface area contributed by atoms with Crippen molar-refractivity contribution in [2.75, 3.05) is 20.3 Å². The lowest BCUT2D eigenvalue weighted by molar-refractivity contribution is -0.140. The number of carbonyl (C=O) groups is 2. The van der Waals surface area contributed by atoms with Crippen LogP contribution in [0.15, 0.2) is 30.9 Å². The van der Waals surface area contributed by atoms with Crippen molar-refractivity contribution < 1.29 is 24.2 Å². The van der Waals surface area contributed by atoms with Gasteiger partial charge >= 0.3 is 5.97 Å². The third-order valence-electron chi connectivity index (χ3n) is 2.77. The predicted molar refractivity (Wildman–Crippen MR) is 77.8 cm³/mol. The summed E-state index contributed by atoms with van der Waals surface area (Å²) in [5.41, 5.74) is 0.371. The van der Waals surface area contributed by atoms with Gasteiger partial charge in [-0.2, -0.15) is 0 Å². The van der Waals surface area contributed by atoms with Crippen LogP contribution in [0.25, 0.3) is 0 Å². The molecule has 6 nitrogen and oxygen atoms in total. The summed E-state index contributed by atoms with van der Waals surface area (Å²) in [6, 6.07) is 4.75. The van der Waals surface area contributed by atoms with Crippen LogP contribution in [0.2, 0.25) is 0 Å². The van der Waals surface area contributed by atoms with Crippen LogP contribution in [0.1, 0.15) is 17.3 Å². The van der Waals surface area contributed by atoms with Gasteiger partial charge in [-0.05, 0) is 18.2 Å². The van der Waals surface area contributed by atoms with Crippen LogP contribution in [0.3, 0.4) is 0 Å². The van der Waals surface area contributed by atoms with E-state index in [0.29, 0.717) is 23.7 Å². The Kier molecular flexibility index (Phi) is 6.26. The number of methoxy groups -OCH3 is 1. The lowest BCUT2D eigenvalue weighted by Gasteiger charge is -2.12. The molecule has 1 aromatic carbocycles. The van der Waals surface area contributed by atoms with Gasteiger partial charge in [0.1, 0.15) is 6.61 Å². The van der Waals surface area contributed by atoms with Crippen LogP contribution in [0.5, 0.6) is 11.5 Å². The highest BCUT2D eigenvalue weighted by atomic mass is 16.5. The van der Waals surface area contributed by atoms with Gasteiger partial charge in [0.2, 0.25) is 0 Å². The summed E-state index contributed by atoms with van der Waals surface area (Å²) in [6.07, 6.45) is 1.60. The number of hydrogen-bond acceptors (Lipinski definition) is 4. The quantitative estimate of drug-likeness (QED) is 0.713. The fraction of sp³-hybridized carbons (Fsp3) is 0.333. The molecule has 0 aliphatic heterocycles. The summed E-state index contributed by atoms with van der Waals surface area (Å²) in [6.45, 7) is 5.47. The molecule has 0 aliphatic rings. The Hall–Kier alpha value is -2.50. The third-order valence-corrected chi connectivity index (χ3v) is 2.77. The molecular weight excluding hydrogens is 274 g/mol. The first-order valence-electron chi connectivity index (χ1n) is 6.42. The van der Waals surface area contributed by atoms with Gasteiger partial charge < -0.3 is 19.9 Å². The molecule has 21 heavy (non-hydrogen) atoms. The molecule has 0 aromatic heterocycles. The highest BCUT2D eigenvalue weighted by Crippen LogP contribution is 2.28. The van der Waals surface area contributed by atoms with Crippen LogP contribution in [-0.4, -0.2) is 37.2 Å². The molecule has 114 valence electrons. The molecule has 0 spiro atoms. The second-order valence-corrected chi connectivity index (χ2v) is 4.41. The molecule has 1 aromatic rings. The number of aliphatic carboxylic acids is 1. The SMILES string of the molecule is C=CCOc1ccc(C(=O)NCC(C)C(=O)O)cc1OC. The van der Waals surface area contributed by atoms with E-state index in [2.05, 4.69) is 11.9 Å². The van der Waals surface area contributed by atoms with Gasteiger partial charge in [0, 0.05) is 12.1 Å². The number of carboxylic acid groups (broad SMARTS) is 1. The Labute approximate surface area is 123 Å². The van der Waals surface area contributed by atoms with Crippen LogP contribution < -0.4 is 14.8 Å². The van der Waals surface area contributed by atoms with Crippen molar-refractivity contribution in [1.82, 2.24) is 5.32 Å². The summed E-state index contributed by atoms with van der Waals surface area (Å²) >= 11 is 0. The number of carboxylic acids is 1. The smallest absolute Gasteiger partial charge is 0.308 e. The maximum absolute atomic E-state index is 11.9. The first-order chi connectivity index (χ1) is 9.99. The number of rotatable bonds is 8. The van der Waals surface area contributed by atoms with Crippen LogP contribution in [0, 0.1) is 5.92 Å². The number of nitrogens with one attached hydrogen (secondary N) is 1. The van der Waals surface area contributed by atoms with Crippen molar-refractivity contribution in [1.29, 1.82) is 0 Å². The van der Waals surface area contributed by atoms with Gasteiger partial charge in [-0.3, -0.25) is 9.59 Å². The van der Waals surface area contributed by atoms with E-state index in [4.69, 9.17) is 14.6 Å². The molecule has 1 rings (SSSR count). The fourth-order valence-electron chi connectivity index (χ4n) is 1.51. The summed E-state index contributed by atoms with van der Waals surface area (Å²) in [5, 5.41) is 11.3. The number of amides is 1. The van der Waals surface area contributed by atoms with Gasteiger partial charge in [0.15, 0.2) is 11.5 Å². The molecule has 1 amide bonds. The summed E-state index contributed by atoms with van der Waals surface area (Å²) in [7, 11) is 1.48. The Balaban J connectivity index is 2.76. The minimum atomic E-state index is -0.957. The minimum absolute atomic E-state index is 0.0607. The van der Waals surface area contributed by atoms with Gasteiger partial charge in [-0.15, -0.1) is 0 Å². The molecule has 0 saturated carbocycles. The molecule has 2 N–H and O–H groups in total. The molecule has 1 atom stereocenters. The molecule has 6 heteroatoms. The first kappa shape index (κ1) is 16.6. The zero-order valence-electron chi connectivity index (χ0n) is 12.1. The minimum Gasteiger partial charge on any atom is -0.493 e. The molecule has 0 bridgehead atoms. The van der Waals surface area contributed by atoms with E-state index in [-0.39, 0.29) is 12.5 Å². The first-order valence-corrected chi connectivity index (χ1v) is 6.42. The molecule has 0 aliphatic carbocycles. The summed E-state index contributed by atoms with van der Waals surface area (Å²) in [5.74, 6) is -1.03. The fourth-order valence-corrected chi connectivity index (χ4v) is 1.51. The lowest BCUT2D eigenvalue weighted by Crippen LogP contribution is -2.31. The highest BCUT2D eigenvalue weighted by molar-refractivity contribution is 5.95.